The Morgan fingerprint density at radius 2 is 1.77 bits per heavy atom. The van der Waals surface area contributed by atoms with Gasteiger partial charge < -0.3 is 34.4 Å². The number of benzene rings is 1. The van der Waals surface area contributed by atoms with Gasteiger partial charge in [-0.05, 0) is 51.7 Å². The summed E-state index contributed by atoms with van der Waals surface area (Å²) < 4.78 is 11.2. The van der Waals surface area contributed by atoms with Crippen molar-refractivity contribution in [1.82, 2.24) is 25.3 Å². The first-order chi connectivity index (χ1) is 22.2. The van der Waals surface area contributed by atoms with Gasteiger partial charge in [0.2, 0.25) is 11.8 Å². The molecule has 0 aliphatic carbocycles. The highest BCUT2D eigenvalue weighted by molar-refractivity contribution is 7.13. The molecule has 0 spiro atoms. The predicted octanol–water partition coefficient (Wildman–Crippen LogP) is 4.74. The smallest absolute Gasteiger partial charge is 0.410 e. The largest absolute Gasteiger partial charge is 0.444 e. The topological polar surface area (TPSA) is 141 Å². The molecule has 2 N–H and O–H groups in total. The zero-order valence-corrected chi connectivity index (χ0v) is 29.0. The van der Waals surface area contributed by atoms with Crippen molar-refractivity contribution in [3.63, 3.8) is 0 Å². The molecule has 0 bridgehead atoms. The number of carbonyl (C=O) groups excluding carboxylic acids is 3. The maximum Gasteiger partial charge on any atom is 0.410 e. The minimum absolute atomic E-state index is 0.0606. The van der Waals surface area contributed by atoms with Gasteiger partial charge in [-0.1, -0.05) is 43.3 Å². The summed E-state index contributed by atoms with van der Waals surface area (Å²) >= 11 is 1.59. The van der Waals surface area contributed by atoms with Gasteiger partial charge >= 0.3 is 6.09 Å². The van der Waals surface area contributed by atoms with Gasteiger partial charge in [0.1, 0.15) is 17.6 Å². The van der Waals surface area contributed by atoms with E-state index in [0.717, 1.165) is 21.7 Å². The summed E-state index contributed by atoms with van der Waals surface area (Å²) in [6.45, 7) is 15.3. The zero-order valence-electron chi connectivity index (χ0n) is 28.2. The van der Waals surface area contributed by atoms with Gasteiger partial charge in [-0.3, -0.25) is 9.59 Å². The molecule has 254 valence electrons. The second kappa shape index (κ2) is 14.0. The average molecular weight is 667 g/mol. The van der Waals surface area contributed by atoms with E-state index >= 15 is 0 Å². The molecule has 13 heteroatoms. The summed E-state index contributed by atoms with van der Waals surface area (Å²) in [6.07, 6.45) is -1.00. The lowest BCUT2D eigenvalue weighted by atomic mass is 9.91. The highest BCUT2D eigenvalue weighted by Gasteiger charge is 2.43. The van der Waals surface area contributed by atoms with E-state index in [1.54, 1.807) is 22.3 Å². The van der Waals surface area contributed by atoms with E-state index in [9.17, 15) is 19.5 Å². The first kappa shape index (κ1) is 34.4. The number of anilines is 1. The standard InChI is InChI=1S/C34H46N6O6S/c1-20(2)29(27-17-28(37-46-27)38-12-14-39(15-13-38)33(44)45-34(5,6)7)32(43)40-18-25(41)16-26(40)31(42)36-21(3)23-8-10-24(11-9-23)30-22(4)35-19-47-30/h8-11,17,19-21,25-26,29,41H,12-16,18H2,1-7H3,(H,36,42)/t21-,25?,26-,29-/m0/s1. The second-order valence-electron chi connectivity index (χ2n) is 13.8. The van der Waals surface area contributed by atoms with Crippen LogP contribution in [0.1, 0.15) is 76.9 Å². The van der Waals surface area contributed by atoms with E-state index in [1.165, 1.54) is 4.90 Å². The fraction of sp³-hybridized carbons (Fsp3) is 0.559. The van der Waals surface area contributed by atoms with Crippen molar-refractivity contribution in [3.05, 3.63) is 52.9 Å². The van der Waals surface area contributed by atoms with Crippen molar-refractivity contribution in [3.8, 4) is 10.4 Å². The first-order valence-electron chi connectivity index (χ1n) is 16.2. The molecule has 0 radical (unpaired) electrons. The van der Waals surface area contributed by atoms with E-state index < -0.39 is 23.7 Å². The van der Waals surface area contributed by atoms with Crippen LogP contribution in [0.15, 0.2) is 40.4 Å². The number of thiazole rings is 1. The van der Waals surface area contributed by atoms with Crippen molar-refractivity contribution < 1.29 is 28.8 Å². The number of piperazine rings is 1. The number of hydrogen-bond donors (Lipinski definition) is 2. The Bertz CT molecular complexity index is 1560. The van der Waals surface area contributed by atoms with Crippen LogP contribution in [0.25, 0.3) is 10.4 Å². The van der Waals surface area contributed by atoms with Crippen LogP contribution in [-0.2, 0) is 14.3 Å². The van der Waals surface area contributed by atoms with Gasteiger partial charge in [0.25, 0.3) is 0 Å². The number of rotatable bonds is 8. The molecule has 12 nitrogen and oxygen atoms in total. The molecule has 4 heterocycles. The Hall–Kier alpha value is -3.97. The number of amides is 3. The fourth-order valence-corrected chi connectivity index (χ4v) is 6.95. The van der Waals surface area contributed by atoms with Crippen molar-refractivity contribution in [2.45, 2.75) is 84.6 Å². The average Bonchev–Trinajstić information content (AvgIpc) is 3.76. The molecule has 3 amide bonds. The molecular weight excluding hydrogens is 620 g/mol. The van der Waals surface area contributed by atoms with E-state index in [1.807, 2.05) is 83.1 Å². The Balaban J connectivity index is 1.23. The van der Waals surface area contributed by atoms with Crippen LogP contribution in [0, 0.1) is 12.8 Å². The third kappa shape index (κ3) is 7.95. The van der Waals surface area contributed by atoms with Gasteiger partial charge in [-0.25, -0.2) is 9.78 Å². The van der Waals surface area contributed by atoms with E-state index in [4.69, 9.17) is 9.26 Å². The number of β-amino-alcohol motifs (C(OH)–C–C–N with tert-alkyl or cyclic N) is 1. The van der Waals surface area contributed by atoms with Gasteiger partial charge in [0.05, 0.1) is 28.2 Å². The summed E-state index contributed by atoms with van der Waals surface area (Å²) in [5.41, 5.74) is 4.24. The number of aliphatic hydroxyl groups is 1. The number of carbonyl (C=O) groups is 3. The number of aliphatic hydroxyl groups excluding tert-OH is 1. The minimum Gasteiger partial charge on any atom is -0.444 e. The molecule has 2 aromatic heterocycles. The minimum atomic E-state index is -0.816. The summed E-state index contributed by atoms with van der Waals surface area (Å²) in [5.74, 6) is -0.462. The van der Waals surface area contributed by atoms with Gasteiger partial charge in [-0.2, -0.15) is 0 Å². The molecule has 0 saturated carbocycles. The van der Waals surface area contributed by atoms with Crippen LogP contribution in [0.2, 0.25) is 0 Å². The van der Waals surface area contributed by atoms with Crippen LogP contribution in [0.4, 0.5) is 10.6 Å². The number of nitrogens with one attached hydrogen (secondary N) is 1. The highest BCUT2D eigenvalue weighted by atomic mass is 32.1. The lowest BCUT2D eigenvalue weighted by Crippen LogP contribution is -2.50. The van der Waals surface area contributed by atoms with Crippen molar-refractivity contribution in [2.75, 3.05) is 37.6 Å². The zero-order chi connectivity index (χ0) is 34.0. The molecule has 5 rings (SSSR count). The van der Waals surface area contributed by atoms with Gasteiger partial charge in [0.15, 0.2) is 11.6 Å². The van der Waals surface area contributed by atoms with E-state index in [0.29, 0.717) is 37.8 Å². The molecular formula is C34H46N6O6S. The summed E-state index contributed by atoms with van der Waals surface area (Å²) in [7, 11) is 0. The molecule has 2 fully saturated rings. The maximum atomic E-state index is 14.1. The van der Waals surface area contributed by atoms with E-state index in [2.05, 4.69) is 15.5 Å². The van der Waals surface area contributed by atoms with Crippen LogP contribution < -0.4 is 10.2 Å². The third-order valence-corrected chi connectivity index (χ3v) is 9.63. The van der Waals surface area contributed by atoms with Crippen molar-refractivity contribution in [2.24, 2.45) is 5.92 Å². The highest BCUT2D eigenvalue weighted by Crippen LogP contribution is 2.33. The lowest BCUT2D eigenvalue weighted by molar-refractivity contribution is -0.141. The maximum absolute atomic E-state index is 14.1. The molecule has 2 aliphatic heterocycles. The van der Waals surface area contributed by atoms with Gasteiger partial charge in [-0.15, -0.1) is 11.3 Å². The lowest BCUT2D eigenvalue weighted by Gasteiger charge is -2.35. The number of ether oxygens (including phenoxy) is 1. The molecule has 2 saturated heterocycles. The fourth-order valence-electron chi connectivity index (χ4n) is 6.13. The predicted molar refractivity (Wildman–Crippen MR) is 179 cm³/mol. The van der Waals surface area contributed by atoms with Crippen molar-refractivity contribution >= 4 is 35.1 Å². The molecule has 47 heavy (non-hydrogen) atoms. The quantitative estimate of drug-likeness (QED) is 0.349. The Morgan fingerprint density at radius 3 is 2.36 bits per heavy atom. The second-order valence-corrected chi connectivity index (χ2v) is 14.6. The number of hydrogen-bond acceptors (Lipinski definition) is 10. The Kier molecular flexibility index (Phi) is 10.3. The molecule has 3 aromatic rings. The number of likely N-dealkylation sites (tertiary alicyclic amines) is 1. The summed E-state index contributed by atoms with van der Waals surface area (Å²) in [6, 6.07) is 8.67. The Labute approximate surface area is 280 Å². The number of aromatic nitrogens is 2. The van der Waals surface area contributed by atoms with Crippen molar-refractivity contribution in [1.29, 1.82) is 0 Å². The monoisotopic (exact) mass is 666 g/mol. The molecule has 4 atom stereocenters. The normalized spacial score (nSPS) is 20.0. The SMILES string of the molecule is Cc1ncsc1-c1ccc([C@H](C)NC(=O)[C@@H]2CC(O)CN2C(=O)[C@H](c2cc(N3CCN(C(=O)OC(C)(C)C)CC3)no2)C(C)C)cc1. The van der Waals surface area contributed by atoms with Gasteiger partial charge in [0, 0.05) is 45.2 Å². The Morgan fingerprint density at radius 1 is 1.09 bits per heavy atom. The summed E-state index contributed by atoms with van der Waals surface area (Å²) in [4.78, 5) is 50.7. The summed E-state index contributed by atoms with van der Waals surface area (Å²) in [5, 5.41) is 17.9. The third-order valence-electron chi connectivity index (χ3n) is 8.65. The van der Waals surface area contributed by atoms with Crippen LogP contribution in [-0.4, -0.2) is 93.4 Å². The molecule has 1 unspecified atom stereocenters. The van der Waals surface area contributed by atoms with Crippen LogP contribution in [0.3, 0.4) is 0 Å². The van der Waals surface area contributed by atoms with E-state index in [-0.39, 0.29) is 42.8 Å². The van der Waals surface area contributed by atoms with Crippen LogP contribution >= 0.6 is 11.3 Å². The van der Waals surface area contributed by atoms with Crippen LogP contribution in [0.5, 0.6) is 0 Å². The molecule has 2 aliphatic rings. The first-order valence-corrected chi connectivity index (χ1v) is 17.1. The molecule has 1 aromatic carbocycles. The number of aryl methyl sites for hydroxylation is 1. The number of nitrogens with zero attached hydrogens (tertiary/aromatic N) is 5.